The molecule has 2 amide bonds. The molecule has 1 saturated carbocycles. The van der Waals surface area contributed by atoms with Crippen molar-refractivity contribution in [2.45, 2.75) is 45.1 Å². The van der Waals surface area contributed by atoms with E-state index in [-0.39, 0.29) is 6.03 Å². The van der Waals surface area contributed by atoms with Crippen LogP contribution in [0.3, 0.4) is 0 Å². The van der Waals surface area contributed by atoms with Gasteiger partial charge in [0, 0.05) is 19.7 Å². The number of hydrogen-bond acceptors (Lipinski definition) is 3. The van der Waals surface area contributed by atoms with Gasteiger partial charge >= 0.3 is 6.03 Å². The molecule has 3 N–H and O–H groups in total. The highest BCUT2D eigenvalue weighted by Crippen LogP contribution is 2.28. The summed E-state index contributed by atoms with van der Waals surface area (Å²) in [6.07, 6.45) is 3.65. The van der Waals surface area contributed by atoms with Gasteiger partial charge in [-0.05, 0) is 18.8 Å². The van der Waals surface area contributed by atoms with Gasteiger partial charge in [0.05, 0.1) is 12.2 Å². The molecule has 1 aliphatic rings. The lowest BCUT2D eigenvalue weighted by Gasteiger charge is -2.22. The Morgan fingerprint density at radius 2 is 2.00 bits per heavy atom. The van der Waals surface area contributed by atoms with Crippen LogP contribution >= 0.6 is 0 Å². The van der Waals surface area contributed by atoms with Crippen LogP contribution in [0.4, 0.5) is 4.79 Å². The number of aliphatic hydroxyl groups is 1. The summed E-state index contributed by atoms with van der Waals surface area (Å²) in [6, 6.07) is -0.233. The van der Waals surface area contributed by atoms with Crippen LogP contribution in [-0.4, -0.2) is 43.0 Å². The van der Waals surface area contributed by atoms with Crippen LogP contribution in [-0.2, 0) is 4.74 Å². The van der Waals surface area contributed by atoms with E-state index < -0.39 is 5.60 Å². The number of carbonyl (C=O) groups is 1. The van der Waals surface area contributed by atoms with E-state index in [4.69, 9.17) is 4.74 Å². The lowest BCUT2D eigenvalue weighted by atomic mass is 10.0. The summed E-state index contributed by atoms with van der Waals surface area (Å²) >= 11 is 0. The molecule has 0 bridgehead atoms. The fourth-order valence-corrected chi connectivity index (χ4v) is 2.07. The first-order chi connectivity index (χ1) is 8.52. The zero-order valence-corrected chi connectivity index (χ0v) is 11.5. The largest absolute Gasteiger partial charge is 0.388 e. The summed E-state index contributed by atoms with van der Waals surface area (Å²) in [5.41, 5.74) is -0.689. The molecule has 0 spiro atoms. The first-order valence-electron chi connectivity index (χ1n) is 6.84. The Hall–Kier alpha value is -0.810. The summed E-state index contributed by atoms with van der Waals surface area (Å²) in [5, 5.41) is 15.5. The number of urea groups is 1. The fourth-order valence-electron chi connectivity index (χ4n) is 2.07. The van der Waals surface area contributed by atoms with E-state index in [0.717, 1.165) is 25.7 Å². The third-order valence-electron chi connectivity index (χ3n) is 3.10. The van der Waals surface area contributed by atoms with Crippen molar-refractivity contribution in [2.24, 2.45) is 5.92 Å². The molecule has 0 aromatic rings. The number of ether oxygens (including phenoxy) is 1. The normalized spacial score (nSPS) is 18.0. The molecule has 1 rings (SSSR count). The van der Waals surface area contributed by atoms with Gasteiger partial charge in [0.15, 0.2) is 0 Å². The first kappa shape index (κ1) is 15.2. The van der Waals surface area contributed by atoms with Crippen LogP contribution in [0.1, 0.15) is 39.5 Å². The predicted octanol–water partition coefficient (Wildman–Crippen LogP) is 1.26. The van der Waals surface area contributed by atoms with E-state index in [0.29, 0.717) is 32.2 Å². The summed E-state index contributed by atoms with van der Waals surface area (Å²) < 4.78 is 5.35. The van der Waals surface area contributed by atoms with Crippen molar-refractivity contribution in [2.75, 3.05) is 26.3 Å². The molecule has 5 nitrogen and oxygen atoms in total. The van der Waals surface area contributed by atoms with Gasteiger partial charge in [-0.25, -0.2) is 4.79 Å². The lowest BCUT2D eigenvalue weighted by Crippen LogP contribution is -2.45. The van der Waals surface area contributed by atoms with E-state index in [1.54, 1.807) is 0 Å². The molecule has 18 heavy (non-hydrogen) atoms. The molecule has 0 aromatic heterocycles. The predicted molar refractivity (Wildman–Crippen MR) is 70.5 cm³/mol. The van der Waals surface area contributed by atoms with Crippen molar-refractivity contribution in [1.82, 2.24) is 10.6 Å². The van der Waals surface area contributed by atoms with Crippen molar-refractivity contribution in [3.63, 3.8) is 0 Å². The standard InChI is InChI=1S/C13H26N2O3/c1-11(2)9-18-8-7-14-12(16)15-10-13(17)5-3-4-6-13/h11,17H,3-10H2,1-2H3,(H2,14,15,16). The maximum absolute atomic E-state index is 11.5. The van der Waals surface area contributed by atoms with E-state index in [9.17, 15) is 9.90 Å². The van der Waals surface area contributed by atoms with Gasteiger partial charge in [0.1, 0.15) is 0 Å². The first-order valence-corrected chi connectivity index (χ1v) is 6.84. The van der Waals surface area contributed by atoms with Gasteiger partial charge in [0.25, 0.3) is 0 Å². The Kier molecular flexibility index (Phi) is 6.43. The van der Waals surface area contributed by atoms with Crippen molar-refractivity contribution in [3.05, 3.63) is 0 Å². The van der Waals surface area contributed by atoms with E-state index in [2.05, 4.69) is 24.5 Å². The minimum absolute atomic E-state index is 0.233. The second-order valence-electron chi connectivity index (χ2n) is 5.51. The molecule has 0 aromatic carbocycles. The van der Waals surface area contributed by atoms with Crippen molar-refractivity contribution < 1.29 is 14.6 Å². The Bertz CT molecular complexity index is 251. The highest BCUT2D eigenvalue weighted by Gasteiger charge is 2.31. The molecule has 0 radical (unpaired) electrons. The number of nitrogens with one attached hydrogen (secondary N) is 2. The van der Waals surface area contributed by atoms with Gasteiger partial charge < -0.3 is 20.5 Å². The van der Waals surface area contributed by atoms with Crippen molar-refractivity contribution >= 4 is 6.03 Å². The minimum atomic E-state index is -0.689. The second-order valence-corrected chi connectivity index (χ2v) is 5.51. The fraction of sp³-hybridized carbons (Fsp3) is 0.923. The molecular formula is C13H26N2O3. The van der Waals surface area contributed by atoms with Gasteiger partial charge in [0.2, 0.25) is 0 Å². The third kappa shape index (κ3) is 6.21. The third-order valence-corrected chi connectivity index (χ3v) is 3.10. The lowest BCUT2D eigenvalue weighted by molar-refractivity contribution is 0.0499. The Morgan fingerprint density at radius 1 is 1.33 bits per heavy atom. The molecule has 1 fully saturated rings. The summed E-state index contributed by atoms with van der Waals surface area (Å²) in [4.78, 5) is 11.5. The quantitative estimate of drug-likeness (QED) is 0.602. The molecular weight excluding hydrogens is 232 g/mol. The molecule has 0 heterocycles. The molecule has 5 heteroatoms. The maximum Gasteiger partial charge on any atom is 0.314 e. The SMILES string of the molecule is CC(C)COCCNC(=O)NCC1(O)CCCC1. The summed E-state index contributed by atoms with van der Waals surface area (Å²) in [7, 11) is 0. The average Bonchev–Trinajstić information content (AvgIpc) is 2.73. The maximum atomic E-state index is 11.5. The zero-order chi connectivity index (χ0) is 13.4. The average molecular weight is 258 g/mol. The molecule has 0 unspecified atom stereocenters. The molecule has 0 atom stereocenters. The van der Waals surface area contributed by atoms with E-state index in [1.165, 1.54) is 0 Å². The van der Waals surface area contributed by atoms with Gasteiger partial charge in [-0.1, -0.05) is 26.7 Å². The van der Waals surface area contributed by atoms with E-state index in [1.807, 2.05) is 0 Å². The van der Waals surface area contributed by atoms with Crippen LogP contribution in [0, 0.1) is 5.92 Å². The number of hydrogen-bond donors (Lipinski definition) is 3. The van der Waals surface area contributed by atoms with Crippen LogP contribution in [0.2, 0.25) is 0 Å². The van der Waals surface area contributed by atoms with Crippen LogP contribution < -0.4 is 10.6 Å². The highest BCUT2D eigenvalue weighted by molar-refractivity contribution is 5.73. The number of rotatable bonds is 7. The van der Waals surface area contributed by atoms with Gasteiger partial charge in [-0.2, -0.15) is 0 Å². The Balaban J connectivity index is 2.00. The van der Waals surface area contributed by atoms with Crippen LogP contribution in [0.5, 0.6) is 0 Å². The number of amides is 2. The smallest absolute Gasteiger partial charge is 0.314 e. The highest BCUT2D eigenvalue weighted by atomic mass is 16.5. The molecule has 106 valence electrons. The zero-order valence-electron chi connectivity index (χ0n) is 11.5. The molecule has 1 aliphatic carbocycles. The van der Waals surface area contributed by atoms with Crippen LogP contribution in [0.25, 0.3) is 0 Å². The van der Waals surface area contributed by atoms with Crippen molar-refractivity contribution in [1.29, 1.82) is 0 Å². The van der Waals surface area contributed by atoms with Gasteiger partial charge in [-0.3, -0.25) is 0 Å². The minimum Gasteiger partial charge on any atom is -0.388 e. The molecule has 0 saturated heterocycles. The molecule has 0 aliphatic heterocycles. The Labute approximate surface area is 109 Å². The summed E-state index contributed by atoms with van der Waals surface area (Å²) in [6.45, 7) is 6.24. The topological polar surface area (TPSA) is 70.6 Å². The van der Waals surface area contributed by atoms with Crippen LogP contribution in [0.15, 0.2) is 0 Å². The summed E-state index contributed by atoms with van der Waals surface area (Å²) in [5.74, 6) is 0.510. The monoisotopic (exact) mass is 258 g/mol. The van der Waals surface area contributed by atoms with E-state index >= 15 is 0 Å². The van der Waals surface area contributed by atoms with Crippen molar-refractivity contribution in [3.8, 4) is 0 Å². The van der Waals surface area contributed by atoms with Gasteiger partial charge in [-0.15, -0.1) is 0 Å². The second kappa shape index (κ2) is 7.59. The number of carbonyl (C=O) groups excluding carboxylic acids is 1. The Morgan fingerprint density at radius 3 is 2.61 bits per heavy atom.